The van der Waals surface area contributed by atoms with Gasteiger partial charge in [0, 0.05) is 23.5 Å². The third-order valence-corrected chi connectivity index (χ3v) is 3.35. The Morgan fingerprint density at radius 3 is 1.79 bits per heavy atom. The van der Waals surface area contributed by atoms with Gasteiger partial charge in [-0.1, -0.05) is 12.1 Å². The maximum Gasteiger partial charge on any atom is 0.176 e. The number of benzene rings is 3. The van der Waals surface area contributed by atoms with Crippen LogP contribution in [0.2, 0.25) is 0 Å². The standard InChI is InChI=1S/C18H18N4O2/c19-11-3-1-5-13(9-11)23-16-8-7-15(21)18(17(16)22)24-14-6-2-4-12(20)10-14/h1-10H,19-22H2. The summed E-state index contributed by atoms with van der Waals surface area (Å²) in [5, 5.41) is 0. The molecule has 0 bridgehead atoms. The topological polar surface area (TPSA) is 123 Å². The number of hydrogen-bond acceptors (Lipinski definition) is 6. The second-order valence-corrected chi connectivity index (χ2v) is 5.24. The Balaban J connectivity index is 1.93. The fourth-order valence-electron chi connectivity index (χ4n) is 2.20. The summed E-state index contributed by atoms with van der Waals surface area (Å²) < 4.78 is 11.6. The molecule has 0 saturated heterocycles. The lowest BCUT2D eigenvalue weighted by Gasteiger charge is -2.15. The van der Waals surface area contributed by atoms with Crippen LogP contribution in [-0.4, -0.2) is 0 Å². The molecule has 0 saturated carbocycles. The zero-order valence-electron chi connectivity index (χ0n) is 12.9. The highest BCUT2D eigenvalue weighted by Crippen LogP contribution is 2.41. The predicted molar refractivity (Wildman–Crippen MR) is 97.1 cm³/mol. The number of anilines is 4. The van der Waals surface area contributed by atoms with E-state index in [1.807, 2.05) is 0 Å². The zero-order valence-corrected chi connectivity index (χ0v) is 12.9. The van der Waals surface area contributed by atoms with Crippen LogP contribution < -0.4 is 32.4 Å². The largest absolute Gasteiger partial charge is 0.455 e. The second kappa shape index (κ2) is 6.29. The Kier molecular flexibility index (Phi) is 4.03. The van der Waals surface area contributed by atoms with Crippen molar-refractivity contribution in [3.8, 4) is 23.0 Å². The van der Waals surface area contributed by atoms with Gasteiger partial charge in [-0.3, -0.25) is 0 Å². The summed E-state index contributed by atoms with van der Waals surface area (Å²) in [6, 6.07) is 17.4. The van der Waals surface area contributed by atoms with Gasteiger partial charge in [-0.25, -0.2) is 0 Å². The second-order valence-electron chi connectivity index (χ2n) is 5.24. The molecule has 0 heterocycles. The quantitative estimate of drug-likeness (QED) is 0.544. The summed E-state index contributed by atoms with van der Waals surface area (Å²) in [4.78, 5) is 0. The summed E-state index contributed by atoms with van der Waals surface area (Å²) in [6.07, 6.45) is 0. The fraction of sp³-hybridized carbons (Fsp3) is 0. The number of nitrogens with two attached hydrogens (primary N) is 4. The van der Waals surface area contributed by atoms with Gasteiger partial charge >= 0.3 is 0 Å². The molecular formula is C18H18N4O2. The number of hydrogen-bond donors (Lipinski definition) is 4. The molecule has 0 amide bonds. The Bertz CT molecular complexity index is 881. The maximum atomic E-state index is 6.16. The maximum absolute atomic E-state index is 6.16. The van der Waals surface area contributed by atoms with Gasteiger partial charge in [0.15, 0.2) is 11.5 Å². The molecular weight excluding hydrogens is 304 g/mol. The van der Waals surface area contributed by atoms with E-state index >= 15 is 0 Å². The van der Waals surface area contributed by atoms with Crippen molar-refractivity contribution in [3.63, 3.8) is 0 Å². The van der Waals surface area contributed by atoms with Crippen LogP contribution in [0, 0.1) is 0 Å². The molecule has 3 aromatic carbocycles. The van der Waals surface area contributed by atoms with Crippen molar-refractivity contribution >= 4 is 22.7 Å². The minimum Gasteiger partial charge on any atom is -0.455 e. The van der Waals surface area contributed by atoms with E-state index in [9.17, 15) is 0 Å². The van der Waals surface area contributed by atoms with Crippen LogP contribution >= 0.6 is 0 Å². The minimum absolute atomic E-state index is 0.292. The highest BCUT2D eigenvalue weighted by Gasteiger charge is 2.13. The Hall–Kier alpha value is -3.54. The van der Waals surface area contributed by atoms with Gasteiger partial charge in [-0.15, -0.1) is 0 Å². The summed E-state index contributed by atoms with van der Waals surface area (Å²) >= 11 is 0. The van der Waals surface area contributed by atoms with Gasteiger partial charge in [-0.2, -0.15) is 0 Å². The first kappa shape index (κ1) is 15.4. The Morgan fingerprint density at radius 1 is 0.625 bits per heavy atom. The third-order valence-electron chi connectivity index (χ3n) is 3.35. The molecule has 24 heavy (non-hydrogen) atoms. The van der Waals surface area contributed by atoms with Crippen LogP contribution in [0.5, 0.6) is 23.0 Å². The van der Waals surface area contributed by atoms with E-state index in [0.29, 0.717) is 45.7 Å². The fourth-order valence-corrected chi connectivity index (χ4v) is 2.20. The molecule has 8 N–H and O–H groups in total. The molecule has 0 aliphatic heterocycles. The monoisotopic (exact) mass is 322 g/mol. The average Bonchev–Trinajstić information content (AvgIpc) is 2.54. The molecule has 0 aliphatic rings. The van der Waals surface area contributed by atoms with Crippen molar-refractivity contribution < 1.29 is 9.47 Å². The van der Waals surface area contributed by atoms with Crippen LogP contribution in [0.25, 0.3) is 0 Å². The van der Waals surface area contributed by atoms with Gasteiger partial charge in [-0.05, 0) is 36.4 Å². The molecule has 122 valence electrons. The Labute approximate surface area is 139 Å². The summed E-state index contributed by atoms with van der Waals surface area (Å²) in [6.45, 7) is 0. The average molecular weight is 322 g/mol. The molecule has 3 aromatic rings. The van der Waals surface area contributed by atoms with Crippen LogP contribution in [0.15, 0.2) is 60.7 Å². The number of rotatable bonds is 4. The minimum atomic E-state index is 0.292. The molecule has 0 unspecified atom stereocenters. The highest BCUT2D eigenvalue weighted by atomic mass is 16.5. The summed E-state index contributed by atoms with van der Waals surface area (Å²) in [7, 11) is 0. The first-order valence-electron chi connectivity index (χ1n) is 7.27. The first-order chi connectivity index (χ1) is 11.5. The predicted octanol–water partition coefficient (Wildman–Crippen LogP) is 3.60. The third kappa shape index (κ3) is 3.27. The Morgan fingerprint density at radius 2 is 1.21 bits per heavy atom. The molecule has 0 radical (unpaired) electrons. The number of ether oxygens (including phenoxy) is 2. The molecule has 0 fully saturated rings. The summed E-state index contributed by atoms with van der Waals surface area (Å²) in [5.74, 6) is 1.85. The normalized spacial score (nSPS) is 10.3. The molecule has 6 nitrogen and oxygen atoms in total. The van der Waals surface area contributed by atoms with Gasteiger partial charge in [0.25, 0.3) is 0 Å². The van der Waals surface area contributed by atoms with Crippen molar-refractivity contribution in [2.45, 2.75) is 0 Å². The van der Waals surface area contributed by atoms with Crippen LogP contribution in [0.4, 0.5) is 22.7 Å². The zero-order chi connectivity index (χ0) is 17.1. The molecule has 3 rings (SSSR count). The SMILES string of the molecule is Nc1cccc(Oc2ccc(N)c(Oc3cccc(N)c3)c2N)c1. The van der Waals surface area contributed by atoms with Crippen LogP contribution in [0.3, 0.4) is 0 Å². The van der Waals surface area contributed by atoms with E-state index in [0.717, 1.165) is 0 Å². The highest BCUT2D eigenvalue weighted by molar-refractivity contribution is 5.74. The van der Waals surface area contributed by atoms with Crippen molar-refractivity contribution in [2.24, 2.45) is 0 Å². The van der Waals surface area contributed by atoms with Gasteiger partial charge < -0.3 is 32.4 Å². The van der Waals surface area contributed by atoms with E-state index in [-0.39, 0.29) is 0 Å². The van der Waals surface area contributed by atoms with Crippen molar-refractivity contribution in [1.29, 1.82) is 0 Å². The van der Waals surface area contributed by atoms with E-state index in [2.05, 4.69) is 0 Å². The van der Waals surface area contributed by atoms with Crippen molar-refractivity contribution in [3.05, 3.63) is 60.7 Å². The lowest BCUT2D eigenvalue weighted by molar-refractivity contribution is 0.466. The smallest absolute Gasteiger partial charge is 0.176 e. The molecule has 0 spiro atoms. The van der Waals surface area contributed by atoms with E-state index in [1.165, 1.54) is 0 Å². The lowest BCUT2D eigenvalue weighted by atomic mass is 10.2. The van der Waals surface area contributed by atoms with Crippen molar-refractivity contribution in [1.82, 2.24) is 0 Å². The lowest BCUT2D eigenvalue weighted by Crippen LogP contribution is -2.00. The van der Waals surface area contributed by atoms with Crippen LogP contribution in [-0.2, 0) is 0 Å². The van der Waals surface area contributed by atoms with E-state index in [4.69, 9.17) is 32.4 Å². The molecule has 0 aromatic heterocycles. The van der Waals surface area contributed by atoms with Gasteiger partial charge in [0.2, 0.25) is 0 Å². The van der Waals surface area contributed by atoms with Gasteiger partial charge in [0.05, 0.1) is 5.69 Å². The molecule has 0 aliphatic carbocycles. The van der Waals surface area contributed by atoms with Gasteiger partial charge in [0.1, 0.15) is 17.2 Å². The van der Waals surface area contributed by atoms with E-state index in [1.54, 1.807) is 60.7 Å². The van der Waals surface area contributed by atoms with E-state index < -0.39 is 0 Å². The van der Waals surface area contributed by atoms with Crippen molar-refractivity contribution in [2.75, 3.05) is 22.9 Å². The molecule has 6 heteroatoms. The molecule has 0 atom stereocenters. The summed E-state index contributed by atoms with van der Waals surface area (Å²) in [5.41, 5.74) is 25.5. The number of nitrogen functional groups attached to an aromatic ring is 4. The first-order valence-corrected chi connectivity index (χ1v) is 7.27. The van der Waals surface area contributed by atoms with Crippen LogP contribution in [0.1, 0.15) is 0 Å².